The van der Waals surface area contributed by atoms with Gasteiger partial charge in [-0.2, -0.15) is 0 Å². The van der Waals surface area contributed by atoms with Crippen LogP contribution in [0.5, 0.6) is 0 Å². The van der Waals surface area contributed by atoms with Crippen molar-refractivity contribution in [2.24, 2.45) is 46.3 Å². The Balaban J connectivity index is 0.900. The van der Waals surface area contributed by atoms with Crippen LogP contribution in [0.15, 0.2) is 0 Å². The average molecular weight is 1060 g/mol. The summed E-state index contributed by atoms with van der Waals surface area (Å²) >= 11 is 0. The van der Waals surface area contributed by atoms with Gasteiger partial charge in [0.25, 0.3) is 0 Å². The number of aliphatic hydroxyl groups is 14. The molecule has 4 aliphatic carbocycles. The molecule has 4 heterocycles. The Morgan fingerprint density at radius 2 is 1.00 bits per heavy atom. The molecular formula is C50H86O23. The highest BCUT2D eigenvalue weighted by Crippen LogP contribution is 2.69. The Hall–Kier alpha value is -0.920. The summed E-state index contributed by atoms with van der Waals surface area (Å²) in [7, 11) is 0. The second-order valence-corrected chi connectivity index (χ2v) is 23.0. The third-order valence-electron chi connectivity index (χ3n) is 19.1. The van der Waals surface area contributed by atoms with Crippen LogP contribution in [0.4, 0.5) is 0 Å². The van der Waals surface area contributed by atoms with Crippen LogP contribution in [0.2, 0.25) is 0 Å². The van der Waals surface area contributed by atoms with E-state index in [2.05, 4.69) is 27.7 Å². The molecule has 0 aromatic rings. The first-order chi connectivity index (χ1) is 34.8. The zero-order valence-electron chi connectivity index (χ0n) is 42.4. The second kappa shape index (κ2) is 24.2. The van der Waals surface area contributed by atoms with Gasteiger partial charge >= 0.3 is 0 Å². The molecule has 23 heteroatoms. The SMILES string of the molecule is CCC[C@@H](C)[C@H]1CC[C@H]2[C@@H]3CC[C@@H]4C[C@H](O[C@@H]5OC(CO)[C@@H](O[C@H]6OC(CO)[C@@H](O)C(O)[C@@H]6O)C(O)[C@@H]5O)CC[C@]4(C)[C@H]3C[C@H](OCCO[C@@H]3OC(CO)[C@@H](O[C@H]4OC(CO)[C@@H](O)C(O)[C@@H]4O)C(O)[C@@H]3O)[C@]12C. The second-order valence-electron chi connectivity index (χ2n) is 23.0. The lowest BCUT2D eigenvalue weighted by Gasteiger charge is -2.63. The predicted octanol–water partition coefficient (Wildman–Crippen LogP) is -3.27. The van der Waals surface area contributed by atoms with E-state index in [-0.39, 0.29) is 42.2 Å². The van der Waals surface area contributed by atoms with Crippen LogP contribution in [-0.4, -0.2) is 246 Å². The lowest BCUT2D eigenvalue weighted by Crippen LogP contribution is -2.65. The predicted molar refractivity (Wildman–Crippen MR) is 248 cm³/mol. The van der Waals surface area contributed by atoms with E-state index in [0.29, 0.717) is 42.4 Å². The minimum Gasteiger partial charge on any atom is -0.394 e. The topological polar surface area (TPSA) is 366 Å². The molecule has 0 amide bonds. The minimum atomic E-state index is -1.79. The highest BCUT2D eigenvalue weighted by Gasteiger charge is 2.65. The van der Waals surface area contributed by atoms with E-state index >= 15 is 0 Å². The zero-order valence-corrected chi connectivity index (χ0v) is 42.4. The highest BCUT2D eigenvalue weighted by atomic mass is 16.8. The summed E-state index contributed by atoms with van der Waals surface area (Å²) in [6, 6.07) is 0. The molecule has 8 rings (SSSR count). The van der Waals surface area contributed by atoms with Crippen LogP contribution in [0.3, 0.4) is 0 Å². The molecule has 4 saturated carbocycles. The maximum Gasteiger partial charge on any atom is 0.187 e. The molecule has 0 aromatic carbocycles. The van der Waals surface area contributed by atoms with Gasteiger partial charge in [0.15, 0.2) is 25.2 Å². The summed E-state index contributed by atoms with van der Waals surface area (Å²) < 4.78 is 53.7. The van der Waals surface area contributed by atoms with Crippen molar-refractivity contribution in [3.8, 4) is 0 Å². The molecule has 4 aliphatic heterocycles. The molecule has 8 aliphatic rings. The summed E-state index contributed by atoms with van der Waals surface area (Å²) in [6.07, 6.45) is -22.1. The van der Waals surface area contributed by atoms with E-state index < -0.39 is 149 Å². The van der Waals surface area contributed by atoms with Gasteiger partial charge in [-0.05, 0) is 97.7 Å². The van der Waals surface area contributed by atoms with Crippen molar-refractivity contribution in [2.75, 3.05) is 39.6 Å². The van der Waals surface area contributed by atoms with Crippen LogP contribution >= 0.6 is 0 Å². The lowest BCUT2D eigenvalue weighted by molar-refractivity contribution is -0.364. The average Bonchev–Trinajstić information content (AvgIpc) is 3.75. The summed E-state index contributed by atoms with van der Waals surface area (Å²) in [5.74, 6) is 2.38. The number of aliphatic hydroxyl groups excluding tert-OH is 14. The van der Waals surface area contributed by atoms with E-state index in [9.17, 15) is 71.5 Å². The molecule has 30 atom stereocenters. The Bertz CT molecular complexity index is 1730. The third kappa shape index (κ3) is 11.1. The molecule has 0 aromatic heterocycles. The normalized spacial score (nSPS) is 52.8. The number of hydrogen-bond donors (Lipinski definition) is 14. The number of fused-ring (bicyclic) bond motifs is 5. The smallest absolute Gasteiger partial charge is 0.187 e. The number of rotatable bonds is 18. The Morgan fingerprint density at radius 1 is 0.507 bits per heavy atom. The molecule has 8 unspecified atom stereocenters. The van der Waals surface area contributed by atoms with Gasteiger partial charge in [0.05, 0.1) is 51.8 Å². The summed E-state index contributed by atoms with van der Waals surface area (Å²) in [6.45, 7) is 6.74. The molecule has 73 heavy (non-hydrogen) atoms. The molecule has 4 saturated heterocycles. The van der Waals surface area contributed by atoms with Crippen LogP contribution in [0.1, 0.15) is 91.9 Å². The molecule has 14 N–H and O–H groups in total. The number of ether oxygens (including phenoxy) is 9. The van der Waals surface area contributed by atoms with Gasteiger partial charge < -0.3 is 114 Å². The molecule has 0 bridgehead atoms. The fraction of sp³-hybridized carbons (Fsp3) is 1.00. The molecule has 0 radical (unpaired) electrons. The quantitative estimate of drug-likeness (QED) is 0.0473. The van der Waals surface area contributed by atoms with Crippen molar-refractivity contribution in [2.45, 2.75) is 227 Å². The van der Waals surface area contributed by atoms with E-state index in [1.54, 1.807) is 0 Å². The molecule has 424 valence electrons. The Morgan fingerprint density at radius 3 is 1.55 bits per heavy atom. The van der Waals surface area contributed by atoms with Crippen LogP contribution in [0.25, 0.3) is 0 Å². The summed E-state index contributed by atoms with van der Waals surface area (Å²) in [5, 5.41) is 147. The summed E-state index contributed by atoms with van der Waals surface area (Å²) in [5.41, 5.74) is -0.210. The van der Waals surface area contributed by atoms with Crippen molar-refractivity contribution >= 4 is 0 Å². The number of hydrogen-bond acceptors (Lipinski definition) is 23. The third-order valence-corrected chi connectivity index (χ3v) is 19.1. The van der Waals surface area contributed by atoms with Crippen molar-refractivity contribution in [1.82, 2.24) is 0 Å². The van der Waals surface area contributed by atoms with Crippen molar-refractivity contribution in [1.29, 1.82) is 0 Å². The van der Waals surface area contributed by atoms with E-state index in [0.717, 1.165) is 51.4 Å². The highest BCUT2D eigenvalue weighted by molar-refractivity contribution is 5.13. The maximum atomic E-state index is 11.3. The lowest BCUT2D eigenvalue weighted by atomic mass is 9.43. The van der Waals surface area contributed by atoms with Crippen LogP contribution in [-0.2, 0) is 42.6 Å². The molecule has 8 fully saturated rings. The first kappa shape index (κ1) is 58.2. The maximum absolute atomic E-state index is 11.3. The van der Waals surface area contributed by atoms with E-state index in [1.807, 2.05) is 0 Å². The first-order valence-electron chi connectivity index (χ1n) is 26.8. The van der Waals surface area contributed by atoms with Crippen LogP contribution in [0, 0.1) is 46.3 Å². The monoisotopic (exact) mass is 1050 g/mol. The van der Waals surface area contributed by atoms with Crippen molar-refractivity contribution < 1.29 is 114 Å². The van der Waals surface area contributed by atoms with Crippen molar-refractivity contribution in [3.63, 3.8) is 0 Å². The van der Waals surface area contributed by atoms with Gasteiger partial charge in [0.1, 0.15) is 97.7 Å². The fourth-order valence-corrected chi connectivity index (χ4v) is 15.0. The van der Waals surface area contributed by atoms with Gasteiger partial charge in [-0.1, -0.05) is 40.5 Å². The summed E-state index contributed by atoms with van der Waals surface area (Å²) in [4.78, 5) is 0. The van der Waals surface area contributed by atoms with Gasteiger partial charge in [0.2, 0.25) is 0 Å². The van der Waals surface area contributed by atoms with Gasteiger partial charge in [-0.3, -0.25) is 0 Å². The largest absolute Gasteiger partial charge is 0.394 e. The van der Waals surface area contributed by atoms with E-state index in [1.165, 1.54) is 0 Å². The standard InChI is InChI=1S/C50H86O23/c1-5-6-21(2)25-9-10-26-24-8-7-22-15-23(67-46-42(64)38(60)44(31(20-54)71-46)73-48-40(62)36(58)34(56)29(18-52)69-48)11-12-49(22,3)27(24)16-32(50(25,26)4)65-13-14-66-45-41(63)37(59)43(30(19-53)70-45)72-47-39(61)35(57)33(55)28(17-51)68-47/h21-48,51-64H,5-20H2,1-4H3/t21-,22-,23-,24+,25-,26+,27+,28?,29?,30?,31?,32+,33-,34-,35?,36?,37?,38?,39+,40+,41+,42+,43-,44-,45-,46-,47-,48-,49+,50-/m1/s1. The van der Waals surface area contributed by atoms with Gasteiger partial charge in [-0.25, -0.2) is 0 Å². The van der Waals surface area contributed by atoms with Crippen molar-refractivity contribution in [3.05, 3.63) is 0 Å². The van der Waals surface area contributed by atoms with Crippen LogP contribution < -0.4 is 0 Å². The Labute approximate surface area is 426 Å². The van der Waals surface area contributed by atoms with E-state index in [4.69, 9.17) is 42.6 Å². The zero-order chi connectivity index (χ0) is 52.8. The van der Waals surface area contributed by atoms with Gasteiger partial charge in [0, 0.05) is 0 Å². The molecule has 0 spiro atoms. The Kier molecular flexibility index (Phi) is 19.3. The first-order valence-corrected chi connectivity index (χ1v) is 26.8. The minimum absolute atomic E-state index is 0.0220. The van der Waals surface area contributed by atoms with Gasteiger partial charge in [-0.15, -0.1) is 0 Å². The molecular weight excluding hydrogens is 969 g/mol. The fourth-order valence-electron chi connectivity index (χ4n) is 15.0. The molecule has 23 nitrogen and oxygen atoms in total.